The van der Waals surface area contributed by atoms with Crippen LogP contribution in [0.1, 0.15) is 33.6 Å². The van der Waals surface area contributed by atoms with Gasteiger partial charge in [-0.15, -0.1) is 6.58 Å². The molecular weight excluding hydrogens is 299 g/mol. The van der Waals surface area contributed by atoms with Crippen molar-refractivity contribution in [3.05, 3.63) is 59.6 Å². The van der Waals surface area contributed by atoms with E-state index in [1.54, 1.807) is 6.08 Å². The maximum Gasteiger partial charge on any atom is 0.143 e. The van der Waals surface area contributed by atoms with E-state index in [-0.39, 0.29) is 17.8 Å². The van der Waals surface area contributed by atoms with Crippen LogP contribution in [0.5, 0.6) is 0 Å². The van der Waals surface area contributed by atoms with Crippen LogP contribution < -0.4 is 5.73 Å². The lowest BCUT2D eigenvalue weighted by Crippen LogP contribution is -2.66. The van der Waals surface area contributed by atoms with Crippen molar-refractivity contribution < 1.29 is 4.39 Å². The van der Waals surface area contributed by atoms with Gasteiger partial charge < -0.3 is 5.73 Å². The van der Waals surface area contributed by atoms with Gasteiger partial charge in [0, 0.05) is 19.0 Å². The van der Waals surface area contributed by atoms with Crippen LogP contribution in [0.2, 0.25) is 0 Å². The summed E-state index contributed by atoms with van der Waals surface area (Å²) in [6.45, 7) is 16.1. The van der Waals surface area contributed by atoms with E-state index in [1.165, 1.54) is 18.4 Å². The SMILES string of the molecule is C=CC1C(C)=CC(F)=C(N)C1N1CC2(CC(/C(C)=C/C(=C)C)C2)C1. The van der Waals surface area contributed by atoms with E-state index in [1.807, 2.05) is 19.9 Å². The average molecular weight is 328 g/mol. The lowest BCUT2D eigenvalue weighted by atomic mass is 9.55. The van der Waals surface area contributed by atoms with Gasteiger partial charge in [0.2, 0.25) is 0 Å². The zero-order valence-corrected chi connectivity index (χ0v) is 15.1. The standard InChI is InChI=1S/C21H29FN2/c1-6-17-15(5)8-18(22)19(23)20(17)24-11-21(12-24)9-16(10-21)14(4)7-13(2)3/h6-8,16-17,20H,1-2,9-12,23H2,3-5H3/b14-7+. The highest BCUT2D eigenvalue weighted by atomic mass is 19.1. The molecule has 1 heterocycles. The molecule has 3 heteroatoms. The first kappa shape index (κ1) is 17.2. The molecule has 2 aliphatic carbocycles. The number of hydrogen-bond donors (Lipinski definition) is 1. The Morgan fingerprint density at radius 3 is 2.54 bits per heavy atom. The predicted octanol–water partition coefficient (Wildman–Crippen LogP) is 4.49. The molecule has 1 spiro atoms. The normalized spacial score (nSPS) is 30.7. The average Bonchev–Trinajstić information content (AvgIpc) is 2.40. The molecular formula is C21H29FN2. The zero-order valence-electron chi connectivity index (χ0n) is 15.1. The molecule has 130 valence electrons. The molecule has 2 N–H and O–H groups in total. The van der Waals surface area contributed by atoms with Gasteiger partial charge in [-0.05, 0) is 51.0 Å². The first-order chi connectivity index (χ1) is 11.3. The Hall–Kier alpha value is -1.61. The van der Waals surface area contributed by atoms with Crippen molar-refractivity contribution in [2.45, 2.75) is 39.7 Å². The minimum Gasteiger partial charge on any atom is -0.398 e. The molecule has 2 atom stereocenters. The number of likely N-dealkylation sites (tertiary alicyclic amines) is 1. The Labute approximate surface area is 145 Å². The number of nitrogens with two attached hydrogens (primary N) is 1. The molecule has 0 aromatic rings. The summed E-state index contributed by atoms with van der Waals surface area (Å²) < 4.78 is 14.1. The number of halogens is 1. The van der Waals surface area contributed by atoms with Gasteiger partial charge in [0.25, 0.3) is 0 Å². The fourth-order valence-corrected chi connectivity index (χ4v) is 4.79. The van der Waals surface area contributed by atoms with Crippen molar-refractivity contribution in [1.29, 1.82) is 0 Å². The lowest BCUT2D eigenvalue weighted by Gasteiger charge is -2.62. The number of hydrogen-bond acceptors (Lipinski definition) is 2. The zero-order chi connectivity index (χ0) is 17.6. The lowest BCUT2D eigenvalue weighted by molar-refractivity contribution is -0.103. The maximum absolute atomic E-state index is 14.1. The Morgan fingerprint density at radius 2 is 2.00 bits per heavy atom. The van der Waals surface area contributed by atoms with Gasteiger partial charge in [0.05, 0.1) is 11.7 Å². The summed E-state index contributed by atoms with van der Waals surface area (Å²) in [6, 6.07) is -0.0655. The summed E-state index contributed by atoms with van der Waals surface area (Å²) in [4.78, 5) is 2.34. The van der Waals surface area contributed by atoms with Crippen LogP contribution in [0.3, 0.4) is 0 Å². The van der Waals surface area contributed by atoms with Crippen molar-refractivity contribution in [1.82, 2.24) is 4.90 Å². The van der Waals surface area contributed by atoms with Crippen molar-refractivity contribution in [2.75, 3.05) is 13.1 Å². The van der Waals surface area contributed by atoms with Crippen LogP contribution >= 0.6 is 0 Å². The molecule has 0 aromatic heterocycles. The van der Waals surface area contributed by atoms with E-state index >= 15 is 0 Å². The molecule has 2 unspecified atom stereocenters. The van der Waals surface area contributed by atoms with Gasteiger partial charge in [-0.3, -0.25) is 4.90 Å². The third-order valence-electron chi connectivity index (χ3n) is 6.02. The molecule has 0 aromatic carbocycles. The Kier molecular flexibility index (Phi) is 4.33. The van der Waals surface area contributed by atoms with Crippen LogP contribution in [-0.2, 0) is 0 Å². The van der Waals surface area contributed by atoms with Gasteiger partial charge in [0.15, 0.2) is 0 Å². The number of rotatable bonds is 4. The first-order valence-electron chi connectivity index (χ1n) is 8.80. The number of allylic oxidation sites excluding steroid dienone is 5. The quantitative estimate of drug-likeness (QED) is 0.608. The summed E-state index contributed by atoms with van der Waals surface area (Å²) >= 11 is 0. The van der Waals surface area contributed by atoms with Crippen molar-refractivity contribution in [3.8, 4) is 0 Å². The highest BCUT2D eigenvalue weighted by Crippen LogP contribution is 2.55. The fourth-order valence-electron chi connectivity index (χ4n) is 4.79. The van der Waals surface area contributed by atoms with Gasteiger partial charge >= 0.3 is 0 Å². The van der Waals surface area contributed by atoms with Crippen molar-refractivity contribution in [2.24, 2.45) is 23.0 Å². The highest BCUT2D eigenvalue weighted by molar-refractivity contribution is 5.37. The van der Waals surface area contributed by atoms with E-state index < -0.39 is 0 Å². The Morgan fingerprint density at radius 1 is 1.38 bits per heavy atom. The molecule has 24 heavy (non-hydrogen) atoms. The van der Waals surface area contributed by atoms with E-state index in [2.05, 4.69) is 31.1 Å². The molecule has 0 amide bonds. The molecule has 3 rings (SSSR count). The van der Waals surface area contributed by atoms with Gasteiger partial charge in [-0.1, -0.05) is 35.5 Å². The smallest absolute Gasteiger partial charge is 0.143 e. The van der Waals surface area contributed by atoms with Gasteiger partial charge in [-0.2, -0.15) is 0 Å². The first-order valence-corrected chi connectivity index (χ1v) is 8.80. The van der Waals surface area contributed by atoms with E-state index in [4.69, 9.17) is 5.73 Å². The Balaban J connectivity index is 1.64. The second kappa shape index (κ2) is 6.03. The predicted molar refractivity (Wildman–Crippen MR) is 98.9 cm³/mol. The minimum absolute atomic E-state index is 0.0655. The van der Waals surface area contributed by atoms with E-state index in [0.717, 1.165) is 24.2 Å². The van der Waals surface area contributed by atoms with E-state index in [9.17, 15) is 4.39 Å². The molecule has 1 saturated carbocycles. The van der Waals surface area contributed by atoms with E-state index in [0.29, 0.717) is 17.0 Å². The molecule has 1 aliphatic heterocycles. The second-order valence-corrected chi connectivity index (χ2v) is 8.14. The largest absolute Gasteiger partial charge is 0.398 e. The van der Waals surface area contributed by atoms with Gasteiger partial charge in [-0.25, -0.2) is 4.39 Å². The monoisotopic (exact) mass is 328 g/mol. The van der Waals surface area contributed by atoms with Crippen molar-refractivity contribution in [3.63, 3.8) is 0 Å². The van der Waals surface area contributed by atoms with Crippen LogP contribution in [0.15, 0.2) is 59.6 Å². The Bertz CT molecular complexity index is 653. The van der Waals surface area contributed by atoms with Crippen LogP contribution in [0.25, 0.3) is 0 Å². The van der Waals surface area contributed by atoms with Crippen LogP contribution in [0, 0.1) is 17.3 Å². The number of nitrogens with zero attached hydrogens (tertiary/aromatic N) is 1. The summed E-state index contributed by atoms with van der Waals surface area (Å²) in [5.41, 5.74) is 10.4. The van der Waals surface area contributed by atoms with Crippen molar-refractivity contribution >= 4 is 0 Å². The molecule has 2 fully saturated rings. The van der Waals surface area contributed by atoms with Gasteiger partial charge in [0.1, 0.15) is 5.83 Å². The molecule has 3 aliphatic rings. The molecule has 0 bridgehead atoms. The third-order valence-corrected chi connectivity index (χ3v) is 6.02. The summed E-state index contributed by atoms with van der Waals surface area (Å²) in [5, 5.41) is 0. The maximum atomic E-state index is 14.1. The molecule has 0 radical (unpaired) electrons. The fraction of sp³-hybridized carbons (Fsp3) is 0.524. The summed E-state index contributed by atoms with van der Waals surface area (Å²) in [7, 11) is 0. The third kappa shape index (κ3) is 2.79. The minimum atomic E-state index is -0.275. The van der Waals surface area contributed by atoms with Crippen LogP contribution in [-0.4, -0.2) is 24.0 Å². The highest BCUT2D eigenvalue weighted by Gasteiger charge is 2.55. The summed E-state index contributed by atoms with van der Waals surface area (Å²) in [6.07, 6.45) is 8.12. The van der Waals surface area contributed by atoms with Crippen LogP contribution in [0.4, 0.5) is 4.39 Å². The topological polar surface area (TPSA) is 29.3 Å². The summed E-state index contributed by atoms with van der Waals surface area (Å²) in [5.74, 6) is 0.516. The molecule has 1 saturated heterocycles. The second-order valence-electron chi connectivity index (χ2n) is 8.14. The molecule has 2 nitrogen and oxygen atoms in total.